The number of carbonyl (C=O) groups is 4. The van der Waals surface area contributed by atoms with E-state index in [0.29, 0.717) is 18.5 Å². The van der Waals surface area contributed by atoms with Crippen molar-refractivity contribution in [2.24, 2.45) is 0 Å². The zero-order valence-corrected chi connectivity index (χ0v) is 20.1. The second-order valence-corrected chi connectivity index (χ2v) is 8.44. The van der Waals surface area contributed by atoms with E-state index in [2.05, 4.69) is 10.1 Å². The molecule has 0 bridgehead atoms. The summed E-state index contributed by atoms with van der Waals surface area (Å²) >= 11 is 4.00. The lowest BCUT2D eigenvalue weighted by Gasteiger charge is -2.26. The monoisotopic (exact) mass is 650 g/mol. The Morgan fingerprint density at radius 2 is 1.74 bits per heavy atom. The van der Waals surface area contributed by atoms with Crippen LogP contribution in [0.1, 0.15) is 5.56 Å². The van der Waals surface area contributed by atoms with Crippen molar-refractivity contribution in [2.75, 3.05) is 18.6 Å². The van der Waals surface area contributed by atoms with Crippen LogP contribution in [-0.2, 0) is 19.1 Å². The van der Waals surface area contributed by atoms with Gasteiger partial charge in [0, 0.05) is 0 Å². The third kappa shape index (κ3) is 5.20. The normalized spacial score (nSPS) is 15.2. The largest absolute Gasteiger partial charge is 0.480 e. The average Bonchev–Trinajstić information content (AvgIpc) is 2.71. The van der Waals surface area contributed by atoms with Gasteiger partial charge >= 0.3 is 12.0 Å². The number of urea groups is 1. The van der Waals surface area contributed by atoms with Crippen LogP contribution in [0.25, 0.3) is 6.08 Å². The first-order chi connectivity index (χ1) is 14.7. The Balaban J connectivity index is 1.93. The molecule has 1 heterocycles. The van der Waals surface area contributed by atoms with E-state index >= 15 is 0 Å². The van der Waals surface area contributed by atoms with Crippen LogP contribution in [0.15, 0.2) is 42.0 Å². The van der Waals surface area contributed by atoms with E-state index in [1.165, 1.54) is 25.3 Å². The number of hydrogen-bond acceptors (Lipinski definition) is 6. The van der Waals surface area contributed by atoms with Crippen LogP contribution in [0, 0.1) is 13.0 Å². The molecule has 8 nitrogen and oxygen atoms in total. The summed E-state index contributed by atoms with van der Waals surface area (Å²) in [5, 5.41) is 2.11. The van der Waals surface area contributed by atoms with E-state index in [1.54, 1.807) is 12.1 Å². The molecule has 0 spiro atoms. The molecular formula is C20H13FI2N2O6. The molecular weight excluding hydrogens is 637 g/mol. The van der Waals surface area contributed by atoms with Gasteiger partial charge in [0.1, 0.15) is 17.1 Å². The summed E-state index contributed by atoms with van der Waals surface area (Å²) in [5.74, 6) is -2.29. The highest BCUT2D eigenvalue weighted by molar-refractivity contribution is 14.1. The van der Waals surface area contributed by atoms with Crippen molar-refractivity contribution in [3.8, 4) is 5.75 Å². The molecule has 1 saturated heterocycles. The van der Waals surface area contributed by atoms with E-state index in [1.807, 2.05) is 45.2 Å². The number of rotatable bonds is 5. The molecule has 0 atom stereocenters. The SMILES string of the molecule is COC(=O)COc1c(I)cc(/C=C2\C(=O)NC(=O)N(c3ccc(F)cc3)C2=O)cc1I. The molecule has 3 rings (SSSR count). The maximum absolute atomic E-state index is 13.2. The number of nitrogens with zero attached hydrogens (tertiary/aromatic N) is 1. The first kappa shape index (κ1) is 23.1. The Morgan fingerprint density at radius 3 is 2.32 bits per heavy atom. The third-order valence-electron chi connectivity index (χ3n) is 4.08. The third-order valence-corrected chi connectivity index (χ3v) is 5.68. The molecule has 2 aromatic rings. The summed E-state index contributed by atoms with van der Waals surface area (Å²) in [6, 6.07) is 7.12. The highest BCUT2D eigenvalue weighted by atomic mass is 127. The number of esters is 1. The molecule has 1 aliphatic rings. The molecule has 0 aromatic heterocycles. The summed E-state index contributed by atoms with van der Waals surface area (Å²) in [4.78, 5) is 49.5. The molecule has 160 valence electrons. The van der Waals surface area contributed by atoms with E-state index in [0.717, 1.165) is 17.0 Å². The van der Waals surface area contributed by atoms with Crippen molar-refractivity contribution in [2.45, 2.75) is 0 Å². The zero-order valence-electron chi connectivity index (χ0n) is 15.8. The van der Waals surface area contributed by atoms with E-state index < -0.39 is 29.6 Å². The predicted octanol–water partition coefficient (Wildman–Crippen LogP) is 3.25. The fourth-order valence-corrected chi connectivity index (χ4v) is 4.77. The molecule has 31 heavy (non-hydrogen) atoms. The summed E-state index contributed by atoms with van der Waals surface area (Å²) < 4.78 is 24.5. The summed E-state index contributed by atoms with van der Waals surface area (Å²) in [7, 11) is 1.25. The summed E-state index contributed by atoms with van der Waals surface area (Å²) in [5.41, 5.74) is 0.364. The van der Waals surface area contributed by atoms with Crippen molar-refractivity contribution in [3.63, 3.8) is 0 Å². The number of halogens is 3. The van der Waals surface area contributed by atoms with E-state index in [4.69, 9.17) is 4.74 Å². The summed E-state index contributed by atoms with van der Waals surface area (Å²) in [6.45, 7) is -0.265. The van der Waals surface area contributed by atoms with Crippen LogP contribution < -0.4 is 15.0 Å². The zero-order chi connectivity index (χ0) is 22.7. The molecule has 0 aliphatic carbocycles. The topological polar surface area (TPSA) is 102 Å². The van der Waals surface area contributed by atoms with Crippen LogP contribution in [0.5, 0.6) is 5.75 Å². The van der Waals surface area contributed by atoms with Crippen molar-refractivity contribution >= 4 is 80.8 Å². The molecule has 1 aliphatic heterocycles. The number of anilines is 1. The van der Waals surface area contributed by atoms with Gasteiger partial charge in [0.15, 0.2) is 6.61 Å². The number of barbiturate groups is 1. The molecule has 1 fully saturated rings. The number of ether oxygens (including phenoxy) is 2. The Bertz CT molecular complexity index is 1090. The average molecular weight is 650 g/mol. The minimum atomic E-state index is -0.922. The first-order valence-electron chi connectivity index (χ1n) is 8.57. The van der Waals surface area contributed by atoms with Crippen LogP contribution in [0.3, 0.4) is 0 Å². The van der Waals surface area contributed by atoms with Gasteiger partial charge in [-0.2, -0.15) is 0 Å². The number of hydrogen-bond donors (Lipinski definition) is 1. The highest BCUT2D eigenvalue weighted by Crippen LogP contribution is 2.30. The Morgan fingerprint density at radius 1 is 1.13 bits per heavy atom. The number of carbonyl (C=O) groups excluding carboxylic acids is 4. The lowest BCUT2D eigenvalue weighted by atomic mass is 10.1. The van der Waals surface area contributed by atoms with Crippen molar-refractivity contribution in [1.82, 2.24) is 5.32 Å². The second-order valence-electron chi connectivity index (χ2n) is 6.11. The van der Waals surface area contributed by atoms with E-state index in [-0.39, 0.29) is 17.9 Å². The molecule has 4 amide bonds. The fraction of sp³-hybridized carbons (Fsp3) is 0.100. The van der Waals surface area contributed by atoms with E-state index in [9.17, 15) is 23.6 Å². The first-order valence-corrected chi connectivity index (χ1v) is 10.7. The predicted molar refractivity (Wildman–Crippen MR) is 125 cm³/mol. The van der Waals surface area contributed by atoms with Gasteiger partial charge in [-0.1, -0.05) is 0 Å². The Hall–Kier alpha value is -2.55. The standard InChI is InChI=1S/C20H13FI2N2O6/c1-30-16(26)9-31-17-14(22)7-10(8-15(17)23)6-13-18(27)24-20(29)25(19(13)28)12-4-2-11(21)3-5-12/h2-8H,9H2,1H3,(H,24,27,29)/b13-6+. The smallest absolute Gasteiger partial charge is 0.343 e. The number of methoxy groups -OCH3 is 1. The minimum absolute atomic E-state index is 0.123. The van der Waals surface area contributed by atoms with Gasteiger partial charge in [-0.15, -0.1) is 0 Å². The maximum Gasteiger partial charge on any atom is 0.343 e. The van der Waals surface area contributed by atoms with Crippen LogP contribution in [-0.4, -0.2) is 37.5 Å². The molecule has 0 unspecified atom stereocenters. The minimum Gasteiger partial charge on any atom is -0.480 e. The molecule has 0 saturated carbocycles. The molecule has 2 aromatic carbocycles. The van der Waals surface area contributed by atoms with Crippen molar-refractivity contribution < 1.29 is 33.0 Å². The Labute approximate surface area is 203 Å². The summed E-state index contributed by atoms with van der Waals surface area (Å²) in [6.07, 6.45) is 1.34. The van der Waals surface area contributed by atoms with Crippen LogP contribution >= 0.6 is 45.2 Å². The van der Waals surface area contributed by atoms with Crippen LogP contribution in [0.4, 0.5) is 14.9 Å². The Kier molecular flexibility index (Phi) is 7.25. The lowest BCUT2D eigenvalue weighted by molar-refractivity contribution is -0.143. The van der Waals surface area contributed by atoms with Gasteiger partial charge in [0.2, 0.25) is 0 Å². The molecule has 0 radical (unpaired) electrons. The second kappa shape index (κ2) is 9.72. The van der Waals surface area contributed by atoms with Gasteiger partial charge in [0.25, 0.3) is 11.8 Å². The van der Waals surface area contributed by atoms with Crippen LogP contribution in [0.2, 0.25) is 0 Å². The maximum atomic E-state index is 13.2. The van der Waals surface area contributed by atoms with Gasteiger partial charge in [0.05, 0.1) is 19.9 Å². The fourth-order valence-electron chi connectivity index (χ4n) is 2.64. The van der Waals surface area contributed by atoms with Gasteiger partial charge in [-0.3, -0.25) is 14.9 Å². The number of benzene rings is 2. The lowest BCUT2D eigenvalue weighted by Crippen LogP contribution is -2.54. The van der Waals surface area contributed by atoms with Gasteiger partial charge < -0.3 is 9.47 Å². The number of imide groups is 2. The van der Waals surface area contributed by atoms with Gasteiger partial charge in [-0.05, 0) is 93.2 Å². The molecule has 1 N–H and O–H groups in total. The highest BCUT2D eigenvalue weighted by Gasteiger charge is 2.36. The molecule has 11 heteroatoms. The number of amides is 4. The van der Waals surface area contributed by atoms with Crippen molar-refractivity contribution in [3.05, 3.63) is 60.5 Å². The number of nitrogens with one attached hydrogen (secondary N) is 1. The van der Waals surface area contributed by atoms with Crippen molar-refractivity contribution in [1.29, 1.82) is 0 Å². The quantitative estimate of drug-likeness (QED) is 0.231. The van der Waals surface area contributed by atoms with Gasteiger partial charge in [-0.25, -0.2) is 18.9 Å².